The maximum Gasteiger partial charge on any atom is 0.337 e. The summed E-state index contributed by atoms with van der Waals surface area (Å²) in [6.07, 6.45) is 5.58. The van der Waals surface area contributed by atoms with Gasteiger partial charge in [-0.3, -0.25) is 4.90 Å². The van der Waals surface area contributed by atoms with Gasteiger partial charge in [0.1, 0.15) is 0 Å². The number of aliphatic hydroxyl groups is 1. The van der Waals surface area contributed by atoms with Crippen molar-refractivity contribution in [3.8, 4) is 5.69 Å². The molecule has 0 spiro atoms. The summed E-state index contributed by atoms with van der Waals surface area (Å²) in [6, 6.07) is 6.91. The summed E-state index contributed by atoms with van der Waals surface area (Å²) in [5.74, 6) is -0.520. The van der Waals surface area contributed by atoms with E-state index in [9.17, 15) is 15.0 Å². The Morgan fingerprint density at radius 1 is 1.26 bits per heavy atom. The highest BCUT2D eigenvalue weighted by Gasteiger charge is 2.19. The Labute approximate surface area is 135 Å². The van der Waals surface area contributed by atoms with Gasteiger partial charge in [0.05, 0.1) is 23.3 Å². The SMILES string of the molecule is O=C(O)c1ccccc1-n1cnc(CN2CCC(CO)CC2)c1. The molecular weight excluding hydrogens is 294 g/mol. The fraction of sp³-hybridized carbons (Fsp3) is 0.412. The number of para-hydroxylation sites is 1. The molecule has 0 saturated carbocycles. The molecule has 2 aromatic rings. The Morgan fingerprint density at radius 3 is 2.70 bits per heavy atom. The molecule has 1 aliphatic rings. The lowest BCUT2D eigenvalue weighted by Crippen LogP contribution is -2.34. The normalized spacial score (nSPS) is 16.6. The van der Waals surface area contributed by atoms with Crippen LogP contribution in [-0.2, 0) is 6.54 Å². The standard InChI is InChI=1S/C17H21N3O3/c21-11-13-5-7-19(8-6-13)9-14-10-20(12-18-14)16-4-2-1-3-15(16)17(22)23/h1-4,10,12-13,21H,5-9,11H2,(H,22,23). The van der Waals surface area contributed by atoms with E-state index < -0.39 is 5.97 Å². The maximum atomic E-state index is 11.3. The molecule has 0 unspecified atom stereocenters. The molecule has 6 nitrogen and oxygen atoms in total. The van der Waals surface area contributed by atoms with Gasteiger partial charge in [-0.25, -0.2) is 9.78 Å². The largest absolute Gasteiger partial charge is 0.478 e. The first-order chi connectivity index (χ1) is 11.2. The van der Waals surface area contributed by atoms with E-state index in [0.717, 1.165) is 38.2 Å². The molecule has 1 saturated heterocycles. The summed E-state index contributed by atoms with van der Waals surface area (Å²) in [4.78, 5) is 18.0. The number of nitrogens with zero attached hydrogens (tertiary/aromatic N) is 3. The number of rotatable bonds is 5. The lowest BCUT2D eigenvalue weighted by atomic mass is 9.98. The third kappa shape index (κ3) is 3.60. The maximum absolute atomic E-state index is 11.3. The molecule has 1 aromatic carbocycles. The molecule has 2 N–H and O–H groups in total. The lowest BCUT2D eigenvalue weighted by molar-refractivity contribution is 0.0697. The van der Waals surface area contributed by atoms with Crippen LogP contribution in [0.3, 0.4) is 0 Å². The number of piperidine rings is 1. The van der Waals surface area contributed by atoms with E-state index in [0.29, 0.717) is 11.6 Å². The van der Waals surface area contributed by atoms with E-state index in [1.165, 1.54) is 0 Å². The summed E-state index contributed by atoms with van der Waals surface area (Å²) >= 11 is 0. The molecule has 0 bridgehead atoms. The number of carbonyl (C=O) groups is 1. The van der Waals surface area contributed by atoms with Crippen LogP contribution in [0.15, 0.2) is 36.8 Å². The average molecular weight is 315 g/mol. The van der Waals surface area contributed by atoms with E-state index in [-0.39, 0.29) is 12.2 Å². The fourth-order valence-electron chi connectivity index (χ4n) is 3.01. The second kappa shape index (κ2) is 6.93. The predicted molar refractivity (Wildman–Crippen MR) is 85.6 cm³/mol. The van der Waals surface area contributed by atoms with Gasteiger partial charge in [-0.1, -0.05) is 12.1 Å². The zero-order chi connectivity index (χ0) is 16.2. The molecule has 122 valence electrons. The molecule has 1 aromatic heterocycles. The monoisotopic (exact) mass is 315 g/mol. The summed E-state index contributed by atoms with van der Waals surface area (Å²) in [7, 11) is 0. The van der Waals surface area contributed by atoms with E-state index in [1.807, 2.05) is 12.3 Å². The van der Waals surface area contributed by atoms with Crippen molar-refractivity contribution in [2.75, 3.05) is 19.7 Å². The number of likely N-dealkylation sites (tertiary alicyclic amines) is 1. The molecule has 2 heterocycles. The predicted octanol–water partition coefficient (Wildman–Crippen LogP) is 1.77. The van der Waals surface area contributed by atoms with Crippen LogP contribution in [0.25, 0.3) is 5.69 Å². The molecule has 0 atom stereocenters. The van der Waals surface area contributed by atoms with Crippen molar-refractivity contribution < 1.29 is 15.0 Å². The summed E-state index contributed by atoms with van der Waals surface area (Å²) < 4.78 is 1.76. The number of carboxylic acid groups (broad SMARTS) is 1. The minimum atomic E-state index is -0.943. The summed E-state index contributed by atoms with van der Waals surface area (Å²) in [5.41, 5.74) is 1.81. The molecule has 1 fully saturated rings. The van der Waals surface area contributed by atoms with Gasteiger partial charge in [0, 0.05) is 19.3 Å². The number of benzene rings is 1. The minimum absolute atomic E-state index is 0.264. The van der Waals surface area contributed by atoms with Crippen LogP contribution in [0.5, 0.6) is 0 Å². The van der Waals surface area contributed by atoms with Crippen molar-refractivity contribution in [1.29, 1.82) is 0 Å². The van der Waals surface area contributed by atoms with Gasteiger partial charge < -0.3 is 14.8 Å². The Kier molecular flexibility index (Phi) is 4.73. The molecule has 0 radical (unpaired) electrons. The highest BCUT2D eigenvalue weighted by molar-refractivity contribution is 5.91. The Bertz CT molecular complexity index is 675. The van der Waals surface area contributed by atoms with Crippen LogP contribution in [0.4, 0.5) is 0 Å². The van der Waals surface area contributed by atoms with Crippen molar-refractivity contribution >= 4 is 5.97 Å². The first-order valence-electron chi connectivity index (χ1n) is 7.86. The van der Waals surface area contributed by atoms with Gasteiger partial charge in [-0.05, 0) is 44.0 Å². The number of aromatic nitrogens is 2. The Hall–Kier alpha value is -2.18. The highest BCUT2D eigenvalue weighted by Crippen LogP contribution is 2.19. The second-order valence-electron chi connectivity index (χ2n) is 6.00. The van der Waals surface area contributed by atoms with E-state index in [2.05, 4.69) is 9.88 Å². The van der Waals surface area contributed by atoms with Gasteiger partial charge in [-0.2, -0.15) is 0 Å². The zero-order valence-electron chi connectivity index (χ0n) is 12.9. The molecule has 0 amide bonds. The summed E-state index contributed by atoms with van der Waals surface area (Å²) in [5, 5.41) is 18.5. The number of hydrogen-bond acceptors (Lipinski definition) is 4. The van der Waals surface area contributed by atoms with E-state index >= 15 is 0 Å². The highest BCUT2D eigenvalue weighted by atomic mass is 16.4. The van der Waals surface area contributed by atoms with Gasteiger partial charge in [0.25, 0.3) is 0 Å². The number of carboxylic acids is 1. The number of imidazole rings is 1. The summed E-state index contributed by atoms with van der Waals surface area (Å²) in [6.45, 7) is 2.95. The Morgan fingerprint density at radius 2 is 2.00 bits per heavy atom. The molecular formula is C17H21N3O3. The van der Waals surface area contributed by atoms with Crippen LogP contribution in [0.1, 0.15) is 28.9 Å². The molecule has 0 aliphatic carbocycles. The molecule has 23 heavy (non-hydrogen) atoms. The molecule has 1 aliphatic heterocycles. The third-order valence-corrected chi connectivity index (χ3v) is 4.40. The zero-order valence-corrected chi connectivity index (χ0v) is 12.9. The van der Waals surface area contributed by atoms with Crippen LogP contribution < -0.4 is 0 Å². The topological polar surface area (TPSA) is 78.6 Å². The van der Waals surface area contributed by atoms with Gasteiger partial charge in [-0.15, -0.1) is 0 Å². The smallest absolute Gasteiger partial charge is 0.337 e. The minimum Gasteiger partial charge on any atom is -0.478 e. The first kappa shape index (κ1) is 15.7. The van der Waals surface area contributed by atoms with Crippen LogP contribution in [0, 0.1) is 5.92 Å². The average Bonchev–Trinajstić information content (AvgIpc) is 3.04. The van der Waals surface area contributed by atoms with E-state index in [1.54, 1.807) is 29.1 Å². The van der Waals surface area contributed by atoms with Gasteiger partial charge >= 0.3 is 5.97 Å². The van der Waals surface area contributed by atoms with Gasteiger partial charge in [0.15, 0.2) is 0 Å². The Balaban J connectivity index is 1.71. The second-order valence-corrected chi connectivity index (χ2v) is 6.00. The van der Waals surface area contributed by atoms with Crippen LogP contribution in [0.2, 0.25) is 0 Å². The fourth-order valence-corrected chi connectivity index (χ4v) is 3.01. The molecule has 3 rings (SSSR count). The number of aromatic carboxylic acids is 1. The van der Waals surface area contributed by atoms with Crippen LogP contribution in [-0.4, -0.2) is 50.3 Å². The first-order valence-corrected chi connectivity index (χ1v) is 7.86. The quantitative estimate of drug-likeness (QED) is 0.879. The van der Waals surface area contributed by atoms with Gasteiger partial charge in [0.2, 0.25) is 0 Å². The van der Waals surface area contributed by atoms with Crippen molar-refractivity contribution in [2.45, 2.75) is 19.4 Å². The van der Waals surface area contributed by atoms with Crippen molar-refractivity contribution in [2.24, 2.45) is 5.92 Å². The number of hydrogen-bond donors (Lipinski definition) is 2. The molecule has 6 heteroatoms. The lowest BCUT2D eigenvalue weighted by Gasteiger charge is -2.30. The third-order valence-electron chi connectivity index (χ3n) is 4.40. The van der Waals surface area contributed by atoms with Crippen molar-refractivity contribution in [3.63, 3.8) is 0 Å². The number of aliphatic hydroxyl groups excluding tert-OH is 1. The van der Waals surface area contributed by atoms with Crippen LogP contribution >= 0.6 is 0 Å². The van der Waals surface area contributed by atoms with Crippen molar-refractivity contribution in [3.05, 3.63) is 48.0 Å². The van der Waals surface area contributed by atoms with E-state index in [4.69, 9.17) is 0 Å². The van der Waals surface area contributed by atoms with Crippen molar-refractivity contribution in [1.82, 2.24) is 14.5 Å².